The normalized spacial score (nSPS) is 17.9. The number of para-hydroxylation sites is 1. The number of hydrogen-bond donors (Lipinski definition) is 0. The maximum Gasteiger partial charge on any atom is 0.155 e. The van der Waals surface area contributed by atoms with Crippen molar-refractivity contribution in [3.8, 4) is 0 Å². The molecular formula is C16H19N3O. The number of rotatable bonds is 2. The average molecular weight is 269 g/mol. The van der Waals surface area contributed by atoms with Gasteiger partial charge in [0.15, 0.2) is 6.29 Å². The minimum Gasteiger partial charge on any atom is -0.325 e. The highest BCUT2D eigenvalue weighted by Gasteiger charge is 2.27. The molecule has 4 nitrogen and oxygen atoms in total. The largest absolute Gasteiger partial charge is 0.325 e. The van der Waals surface area contributed by atoms with E-state index in [4.69, 9.17) is 0 Å². The molecule has 4 heteroatoms. The van der Waals surface area contributed by atoms with Gasteiger partial charge in [-0.15, -0.1) is 0 Å². The monoisotopic (exact) mass is 269 g/mol. The fourth-order valence-corrected chi connectivity index (χ4v) is 3.12. The molecule has 0 bridgehead atoms. The molecule has 1 aromatic carbocycles. The van der Waals surface area contributed by atoms with E-state index in [2.05, 4.69) is 35.1 Å². The first-order valence-electron chi connectivity index (χ1n) is 6.96. The van der Waals surface area contributed by atoms with Crippen LogP contribution in [0.3, 0.4) is 0 Å². The third-order valence-electron chi connectivity index (χ3n) is 3.96. The molecule has 0 spiro atoms. The van der Waals surface area contributed by atoms with Crippen LogP contribution in [0.25, 0.3) is 0 Å². The van der Waals surface area contributed by atoms with Crippen molar-refractivity contribution < 1.29 is 4.79 Å². The van der Waals surface area contributed by atoms with Crippen LogP contribution in [0.1, 0.15) is 28.5 Å². The second-order valence-corrected chi connectivity index (χ2v) is 5.61. The summed E-state index contributed by atoms with van der Waals surface area (Å²) in [4.78, 5) is 13.6. The van der Waals surface area contributed by atoms with E-state index in [9.17, 15) is 4.79 Å². The maximum absolute atomic E-state index is 11.4. The quantitative estimate of drug-likeness (QED) is 0.787. The van der Waals surface area contributed by atoms with Crippen LogP contribution in [-0.4, -0.2) is 22.6 Å². The van der Waals surface area contributed by atoms with E-state index < -0.39 is 0 Å². The number of anilines is 2. The van der Waals surface area contributed by atoms with Gasteiger partial charge in [0.2, 0.25) is 0 Å². The highest BCUT2D eigenvalue weighted by atomic mass is 16.1. The third-order valence-corrected chi connectivity index (χ3v) is 3.96. The van der Waals surface area contributed by atoms with Crippen molar-refractivity contribution in [2.24, 2.45) is 13.0 Å². The van der Waals surface area contributed by atoms with Crippen molar-refractivity contribution in [1.29, 1.82) is 0 Å². The Kier molecular flexibility index (Phi) is 3.08. The Labute approximate surface area is 119 Å². The van der Waals surface area contributed by atoms with Crippen molar-refractivity contribution in [2.75, 3.05) is 11.4 Å². The number of hydrogen-bond acceptors (Lipinski definition) is 3. The van der Waals surface area contributed by atoms with E-state index in [-0.39, 0.29) is 0 Å². The zero-order valence-electron chi connectivity index (χ0n) is 12.1. The van der Waals surface area contributed by atoms with Crippen LogP contribution in [0.15, 0.2) is 24.3 Å². The van der Waals surface area contributed by atoms with Gasteiger partial charge in [0, 0.05) is 19.3 Å². The van der Waals surface area contributed by atoms with Gasteiger partial charge in [0.25, 0.3) is 0 Å². The summed E-state index contributed by atoms with van der Waals surface area (Å²) in [5.74, 6) is 1.45. The Morgan fingerprint density at radius 3 is 2.85 bits per heavy atom. The number of aldehydes is 1. The number of nitrogens with zero attached hydrogens (tertiary/aromatic N) is 3. The summed E-state index contributed by atoms with van der Waals surface area (Å²) in [5, 5.41) is 4.40. The van der Waals surface area contributed by atoms with Gasteiger partial charge < -0.3 is 4.90 Å². The van der Waals surface area contributed by atoms with Crippen LogP contribution in [0.2, 0.25) is 0 Å². The molecule has 104 valence electrons. The topological polar surface area (TPSA) is 38.1 Å². The molecule has 1 aliphatic heterocycles. The molecular weight excluding hydrogens is 250 g/mol. The SMILES string of the molecule is Cc1nn(C)c(N2CC(C)Cc3ccccc32)c1C=O. The lowest BCUT2D eigenvalue weighted by Crippen LogP contribution is -2.32. The molecule has 3 rings (SSSR count). The van der Waals surface area contributed by atoms with Gasteiger partial charge in [-0.05, 0) is 30.9 Å². The van der Waals surface area contributed by atoms with Crippen molar-refractivity contribution in [3.63, 3.8) is 0 Å². The number of aromatic nitrogens is 2. The van der Waals surface area contributed by atoms with Crippen molar-refractivity contribution >= 4 is 17.8 Å². The van der Waals surface area contributed by atoms with E-state index in [1.807, 2.05) is 24.7 Å². The Hall–Kier alpha value is -2.10. The molecule has 0 saturated heterocycles. The summed E-state index contributed by atoms with van der Waals surface area (Å²) in [6, 6.07) is 8.41. The highest BCUT2D eigenvalue weighted by molar-refractivity contribution is 5.87. The maximum atomic E-state index is 11.4. The zero-order chi connectivity index (χ0) is 14.3. The highest BCUT2D eigenvalue weighted by Crippen LogP contribution is 2.36. The first kappa shape index (κ1) is 12.9. The standard InChI is InChI=1S/C16H19N3O/c1-11-8-13-6-4-5-7-15(13)19(9-11)16-14(10-20)12(2)17-18(16)3/h4-7,10-11H,8-9H2,1-3H3. The fourth-order valence-electron chi connectivity index (χ4n) is 3.12. The summed E-state index contributed by atoms with van der Waals surface area (Å²) in [6.45, 7) is 5.04. The van der Waals surface area contributed by atoms with Crippen molar-refractivity contribution in [1.82, 2.24) is 9.78 Å². The van der Waals surface area contributed by atoms with Crippen molar-refractivity contribution in [2.45, 2.75) is 20.3 Å². The molecule has 2 aromatic rings. The van der Waals surface area contributed by atoms with E-state index >= 15 is 0 Å². The van der Waals surface area contributed by atoms with Gasteiger partial charge in [-0.1, -0.05) is 25.1 Å². The molecule has 0 saturated carbocycles. The lowest BCUT2D eigenvalue weighted by atomic mass is 9.93. The van der Waals surface area contributed by atoms with Gasteiger partial charge in [-0.2, -0.15) is 5.10 Å². The summed E-state index contributed by atoms with van der Waals surface area (Å²) in [7, 11) is 1.90. The molecule has 1 aliphatic rings. The molecule has 0 amide bonds. The fraction of sp³-hybridized carbons (Fsp3) is 0.375. The molecule has 0 fully saturated rings. The first-order chi connectivity index (χ1) is 9.61. The summed E-state index contributed by atoms with van der Waals surface area (Å²) >= 11 is 0. The molecule has 1 atom stereocenters. The smallest absolute Gasteiger partial charge is 0.155 e. The Bertz CT molecular complexity index is 660. The summed E-state index contributed by atoms with van der Waals surface area (Å²) < 4.78 is 1.81. The lowest BCUT2D eigenvalue weighted by Gasteiger charge is -2.34. The number of fused-ring (bicyclic) bond motifs is 1. The molecule has 2 heterocycles. The minimum atomic E-state index is 0.555. The number of carbonyl (C=O) groups excluding carboxylic acids is 1. The van der Waals surface area contributed by atoms with E-state index in [1.165, 1.54) is 11.3 Å². The predicted octanol–water partition coefficient (Wildman–Crippen LogP) is 2.87. The molecule has 0 N–H and O–H groups in total. The number of carbonyl (C=O) groups is 1. The van der Waals surface area contributed by atoms with Gasteiger partial charge in [-0.25, -0.2) is 0 Å². The Morgan fingerprint density at radius 1 is 1.35 bits per heavy atom. The van der Waals surface area contributed by atoms with Crippen molar-refractivity contribution in [3.05, 3.63) is 41.1 Å². The molecule has 0 radical (unpaired) electrons. The first-order valence-corrected chi connectivity index (χ1v) is 6.96. The van der Waals surface area contributed by atoms with Crippen LogP contribution < -0.4 is 4.90 Å². The minimum absolute atomic E-state index is 0.555. The van der Waals surface area contributed by atoms with Crippen LogP contribution in [0.5, 0.6) is 0 Å². The van der Waals surface area contributed by atoms with E-state index in [1.54, 1.807) is 0 Å². The Morgan fingerprint density at radius 2 is 2.10 bits per heavy atom. The second-order valence-electron chi connectivity index (χ2n) is 5.61. The third kappa shape index (κ3) is 1.92. The van der Waals surface area contributed by atoms with Gasteiger partial charge >= 0.3 is 0 Å². The average Bonchev–Trinajstić information content (AvgIpc) is 2.71. The van der Waals surface area contributed by atoms with E-state index in [0.717, 1.165) is 30.8 Å². The number of aryl methyl sites for hydroxylation is 2. The summed E-state index contributed by atoms with van der Waals surface area (Å²) in [5.41, 5.74) is 4.00. The van der Waals surface area contributed by atoms with Crippen LogP contribution in [0, 0.1) is 12.8 Å². The zero-order valence-corrected chi connectivity index (χ0v) is 12.1. The van der Waals surface area contributed by atoms with Crippen LogP contribution in [-0.2, 0) is 13.5 Å². The molecule has 1 unspecified atom stereocenters. The lowest BCUT2D eigenvalue weighted by molar-refractivity contribution is 0.112. The molecule has 20 heavy (non-hydrogen) atoms. The van der Waals surface area contributed by atoms with E-state index in [0.29, 0.717) is 11.5 Å². The van der Waals surface area contributed by atoms with Gasteiger partial charge in [0.1, 0.15) is 5.82 Å². The van der Waals surface area contributed by atoms with Crippen LogP contribution >= 0.6 is 0 Å². The second kappa shape index (κ2) is 4.78. The predicted molar refractivity (Wildman–Crippen MR) is 79.6 cm³/mol. The summed E-state index contributed by atoms with van der Waals surface area (Å²) in [6.07, 6.45) is 2.00. The number of benzene rings is 1. The van der Waals surface area contributed by atoms with Gasteiger partial charge in [0.05, 0.1) is 11.3 Å². The molecule has 0 aliphatic carbocycles. The molecule has 1 aromatic heterocycles. The Balaban J connectivity index is 2.18. The van der Waals surface area contributed by atoms with Crippen LogP contribution in [0.4, 0.5) is 11.5 Å². The van der Waals surface area contributed by atoms with Gasteiger partial charge in [-0.3, -0.25) is 9.48 Å².